The van der Waals surface area contributed by atoms with Crippen LogP contribution in [0.1, 0.15) is 48.5 Å². The van der Waals surface area contributed by atoms with Crippen LogP contribution in [0.5, 0.6) is 0 Å². The number of rotatable bonds is 3. The van der Waals surface area contributed by atoms with Crippen molar-refractivity contribution in [3.05, 3.63) is 29.3 Å². The van der Waals surface area contributed by atoms with Crippen LogP contribution in [0.3, 0.4) is 0 Å². The summed E-state index contributed by atoms with van der Waals surface area (Å²) in [5.41, 5.74) is -0.643. The highest BCUT2D eigenvalue weighted by atomic mass is 19.4. The van der Waals surface area contributed by atoms with E-state index in [1.54, 1.807) is 6.07 Å². The van der Waals surface area contributed by atoms with Crippen LogP contribution in [0.15, 0.2) is 18.2 Å². The topological polar surface area (TPSA) is 20.3 Å². The lowest BCUT2D eigenvalue weighted by Gasteiger charge is -2.35. The largest absolute Gasteiger partial charge is 0.417 e. The summed E-state index contributed by atoms with van der Waals surface area (Å²) in [5.74, 6) is 0.692. The Kier molecular flexibility index (Phi) is 4.59. The summed E-state index contributed by atoms with van der Waals surface area (Å²) >= 11 is 0. The molecule has 0 N–H and O–H groups in total. The zero-order valence-corrected chi connectivity index (χ0v) is 12.3. The Morgan fingerprint density at radius 2 is 1.81 bits per heavy atom. The first-order chi connectivity index (χ1) is 9.82. The van der Waals surface area contributed by atoms with E-state index in [9.17, 15) is 18.0 Å². The van der Waals surface area contributed by atoms with Crippen LogP contribution < -0.4 is 4.90 Å². The molecule has 0 unspecified atom stereocenters. The molecule has 2 rings (SSSR count). The van der Waals surface area contributed by atoms with E-state index in [0.29, 0.717) is 11.6 Å². The molecule has 0 heterocycles. The number of anilines is 1. The molecule has 0 bridgehead atoms. The van der Waals surface area contributed by atoms with Gasteiger partial charge in [-0.2, -0.15) is 13.2 Å². The van der Waals surface area contributed by atoms with E-state index in [4.69, 9.17) is 0 Å². The van der Waals surface area contributed by atoms with Gasteiger partial charge in [0.05, 0.1) is 5.56 Å². The highest BCUT2D eigenvalue weighted by molar-refractivity contribution is 5.79. The number of nitrogens with zero attached hydrogens (tertiary/aromatic N) is 1. The van der Waals surface area contributed by atoms with Crippen LogP contribution in [0.4, 0.5) is 18.9 Å². The molecule has 2 nitrogen and oxygen atoms in total. The first-order valence-corrected chi connectivity index (χ1v) is 7.22. The number of hydrogen-bond donors (Lipinski definition) is 0. The van der Waals surface area contributed by atoms with Crippen LogP contribution in [-0.2, 0) is 6.18 Å². The molecule has 116 valence electrons. The lowest BCUT2D eigenvalue weighted by Crippen LogP contribution is -2.35. The van der Waals surface area contributed by atoms with Crippen molar-refractivity contribution in [2.45, 2.75) is 44.8 Å². The van der Waals surface area contributed by atoms with Crippen molar-refractivity contribution in [1.82, 2.24) is 0 Å². The third-order valence-electron chi connectivity index (χ3n) is 4.41. The van der Waals surface area contributed by atoms with Gasteiger partial charge in [0.25, 0.3) is 0 Å². The Morgan fingerprint density at radius 3 is 2.33 bits per heavy atom. The monoisotopic (exact) mass is 299 g/mol. The molecule has 1 saturated carbocycles. The lowest BCUT2D eigenvalue weighted by molar-refractivity contribution is -0.137. The number of carbonyl (C=O) groups excluding carboxylic acids is 1. The molecular weight excluding hydrogens is 279 g/mol. The number of hydrogen-bond acceptors (Lipinski definition) is 2. The Bertz CT molecular complexity index is 505. The zero-order valence-electron chi connectivity index (χ0n) is 12.3. The van der Waals surface area contributed by atoms with E-state index in [-0.39, 0.29) is 17.9 Å². The molecule has 5 heteroatoms. The predicted octanol–water partition coefficient (Wildman–Crippen LogP) is 4.53. The molecule has 1 fully saturated rings. The van der Waals surface area contributed by atoms with E-state index in [0.717, 1.165) is 31.7 Å². The van der Waals surface area contributed by atoms with Crippen molar-refractivity contribution in [3.63, 3.8) is 0 Å². The second kappa shape index (κ2) is 6.08. The highest BCUT2D eigenvalue weighted by Gasteiger charge is 2.34. The number of alkyl halides is 3. The maximum absolute atomic E-state index is 13.0. The zero-order chi connectivity index (χ0) is 15.6. The molecule has 0 aromatic heterocycles. The first kappa shape index (κ1) is 15.9. The van der Waals surface area contributed by atoms with Crippen molar-refractivity contribution in [2.75, 3.05) is 11.9 Å². The molecule has 0 saturated heterocycles. The van der Waals surface area contributed by atoms with E-state index in [1.165, 1.54) is 6.07 Å². The van der Waals surface area contributed by atoms with Crippen molar-refractivity contribution >= 4 is 12.0 Å². The third kappa shape index (κ3) is 3.57. The maximum Gasteiger partial charge on any atom is 0.417 e. The summed E-state index contributed by atoms with van der Waals surface area (Å²) in [7, 11) is 1.83. The molecule has 1 aromatic rings. The quantitative estimate of drug-likeness (QED) is 0.764. The molecule has 0 spiro atoms. The van der Waals surface area contributed by atoms with E-state index in [1.807, 2.05) is 11.9 Å². The van der Waals surface area contributed by atoms with Gasteiger partial charge < -0.3 is 4.90 Å². The summed E-state index contributed by atoms with van der Waals surface area (Å²) in [4.78, 5) is 12.7. The fourth-order valence-corrected chi connectivity index (χ4v) is 2.95. The Balaban J connectivity index is 2.25. The molecule has 21 heavy (non-hydrogen) atoms. The van der Waals surface area contributed by atoms with Gasteiger partial charge in [0.15, 0.2) is 6.29 Å². The lowest BCUT2D eigenvalue weighted by atomic mass is 9.86. The van der Waals surface area contributed by atoms with Crippen molar-refractivity contribution < 1.29 is 18.0 Å². The molecule has 1 aliphatic carbocycles. The van der Waals surface area contributed by atoms with Crippen LogP contribution in [0.2, 0.25) is 0 Å². The normalized spacial score (nSPS) is 22.9. The number of halogens is 3. The summed E-state index contributed by atoms with van der Waals surface area (Å²) in [6.07, 6.45) is -0.0485. The van der Waals surface area contributed by atoms with Gasteiger partial charge >= 0.3 is 6.18 Å². The maximum atomic E-state index is 13.0. The van der Waals surface area contributed by atoms with Crippen LogP contribution in [0.25, 0.3) is 0 Å². The van der Waals surface area contributed by atoms with E-state index >= 15 is 0 Å². The molecule has 0 amide bonds. The van der Waals surface area contributed by atoms with Gasteiger partial charge in [0, 0.05) is 24.3 Å². The summed E-state index contributed by atoms with van der Waals surface area (Å²) in [6.45, 7) is 2.21. The summed E-state index contributed by atoms with van der Waals surface area (Å²) in [5, 5.41) is 0. The molecule has 0 radical (unpaired) electrons. The van der Waals surface area contributed by atoms with Gasteiger partial charge in [0.2, 0.25) is 0 Å². The number of carbonyl (C=O) groups is 1. The highest BCUT2D eigenvalue weighted by Crippen LogP contribution is 2.35. The Hall–Kier alpha value is -1.52. The standard InChI is InChI=1S/C16H20F3NO/c1-11-3-6-13(7-4-11)20(2)14-8-5-12(10-21)15(9-14)16(17,18)19/h5,8-11,13H,3-4,6-7H2,1-2H3. The van der Waals surface area contributed by atoms with Gasteiger partial charge in [-0.15, -0.1) is 0 Å². The van der Waals surface area contributed by atoms with Crippen LogP contribution in [0, 0.1) is 5.92 Å². The second-order valence-electron chi connectivity index (χ2n) is 5.91. The SMILES string of the molecule is CC1CCC(N(C)c2ccc(C=O)c(C(F)(F)F)c2)CC1. The molecule has 0 aliphatic heterocycles. The Labute approximate surface area is 122 Å². The smallest absolute Gasteiger partial charge is 0.372 e. The van der Waals surface area contributed by atoms with Crippen molar-refractivity contribution in [2.24, 2.45) is 5.92 Å². The van der Waals surface area contributed by atoms with Gasteiger partial charge in [-0.05, 0) is 49.8 Å². The number of benzene rings is 1. The molecular formula is C16H20F3NO. The minimum absolute atomic E-state index is 0.259. The van der Waals surface area contributed by atoms with Gasteiger partial charge in [-0.1, -0.05) is 6.92 Å². The van der Waals surface area contributed by atoms with E-state index < -0.39 is 11.7 Å². The summed E-state index contributed by atoms with van der Waals surface area (Å²) in [6, 6.07) is 4.20. The number of aldehydes is 1. The van der Waals surface area contributed by atoms with Gasteiger partial charge in [-0.3, -0.25) is 4.79 Å². The minimum atomic E-state index is -4.51. The fraction of sp³-hybridized carbons (Fsp3) is 0.562. The molecule has 1 aromatic carbocycles. The molecule has 0 atom stereocenters. The Morgan fingerprint density at radius 1 is 1.19 bits per heavy atom. The van der Waals surface area contributed by atoms with Crippen molar-refractivity contribution in [3.8, 4) is 0 Å². The minimum Gasteiger partial charge on any atom is -0.372 e. The van der Waals surface area contributed by atoms with Crippen LogP contribution in [-0.4, -0.2) is 19.4 Å². The van der Waals surface area contributed by atoms with Gasteiger partial charge in [-0.25, -0.2) is 0 Å². The summed E-state index contributed by atoms with van der Waals surface area (Å²) < 4.78 is 39.0. The second-order valence-corrected chi connectivity index (χ2v) is 5.91. The fourth-order valence-electron chi connectivity index (χ4n) is 2.95. The first-order valence-electron chi connectivity index (χ1n) is 7.22. The van der Waals surface area contributed by atoms with Gasteiger partial charge in [0.1, 0.15) is 0 Å². The predicted molar refractivity (Wildman–Crippen MR) is 76.7 cm³/mol. The average Bonchev–Trinajstić information content (AvgIpc) is 2.45. The third-order valence-corrected chi connectivity index (χ3v) is 4.41. The molecule has 1 aliphatic rings. The van der Waals surface area contributed by atoms with E-state index in [2.05, 4.69) is 6.92 Å². The average molecular weight is 299 g/mol. The van der Waals surface area contributed by atoms with Crippen LogP contribution >= 0.6 is 0 Å². The van der Waals surface area contributed by atoms with Crippen molar-refractivity contribution in [1.29, 1.82) is 0 Å².